The lowest BCUT2D eigenvalue weighted by Crippen LogP contribution is -2.22. The summed E-state index contributed by atoms with van der Waals surface area (Å²) in [4.78, 5) is 12.3. The summed E-state index contributed by atoms with van der Waals surface area (Å²) >= 11 is 0. The van der Waals surface area contributed by atoms with E-state index in [2.05, 4.69) is 25.7 Å². The van der Waals surface area contributed by atoms with E-state index >= 15 is 0 Å². The van der Waals surface area contributed by atoms with E-state index in [1.54, 1.807) is 17.4 Å². The fraction of sp³-hybridized carbons (Fsp3) is 0.250. The number of pyridine rings is 1. The number of aromatic nitrogens is 3. The first-order chi connectivity index (χ1) is 9.16. The molecule has 0 aliphatic rings. The summed E-state index contributed by atoms with van der Waals surface area (Å²) in [5, 5.41) is 4.94. The highest BCUT2D eigenvalue weighted by atomic mass is 15.5. The van der Waals surface area contributed by atoms with Gasteiger partial charge in [-0.15, -0.1) is 0 Å². The van der Waals surface area contributed by atoms with E-state index in [0.29, 0.717) is 23.9 Å². The first-order valence-corrected chi connectivity index (χ1v) is 5.84. The van der Waals surface area contributed by atoms with E-state index < -0.39 is 0 Å². The van der Waals surface area contributed by atoms with Gasteiger partial charge in [-0.1, -0.05) is 6.07 Å². The molecule has 0 aromatic carbocycles. The van der Waals surface area contributed by atoms with E-state index in [4.69, 9.17) is 5.73 Å². The number of anilines is 3. The average Bonchev–Trinajstić information content (AvgIpc) is 2.40. The van der Waals surface area contributed by atoms with Crippen LogP contribution in [0, 0.1) is 0 Å². The van der Waals surface area contributed by atoms with Gasteiger partial charge in [0.1, 0.15) is 12.0 Å². The second-order valence-corrected chi connectivity index (χ2v) is 4.21. The van der Waals surface area contributed by atoms with Crippen LogP contribution in [0.3, 0.4) is 0 Å². The number of hydrogen-bond acceptors (Lipinski definition) is 7. The van der Waals surface area contributed by atoms with Gasteiger partial charge in [0.05, 0.1) is 0 Å². The number of nitrogen functional groups attached to an aromatic ring is 1. The molecular formula is C12H17N7. The Kier molecular flexibility index (Phi) is 4.09. The van der Waals surface area contributed by atoms with Crippen molar-refractivity contribution in [3.8, 4) is 0 Å². The highest BCUT2D eigenvalue weighted by Crippen LogP contribution is 2.22. The SMILES string of the molecule is CN(C)Nc1ncnc(NCc2cccnc2)c1N. The molecule has 0 saturated carbocycles. The van der Waals surface area contributed by atoms with Gasteiger partial charge in [0, 0.05) is 33.0 Å². The standard InChI is InChI=1S/C12H17N7/c1-19(2)18-12-10(13)11(16-8-17-12)15-7-9-4-3-5-14-6-9/h3-6,8H,7,13H2,1-2H3,(H2,15,16,17,18). The number of hydrazine groups is 1. The zero-order valence-electron chi connectivity index (χ0n) is 11.0. The Labute approximate surface area is 111 Å². The molecule has 0 spiro atoms. The van der Waals surface area contributed by atoms with Crippen LogP contribution in [-0.4, -0.2) is 34.1 Å². The van der Waals surface area contributed by atoms with Crippen molar-refractivity contribution in [2.24, 2.45) is 0 Å². The van der Waals surface area contributed by atoms with Crippen molar-refractivity contribution in [2.45, 2.75) is 6.54 Å². The fourth-order valence-corrected chi connectivity index (χ4v) is 1.53. The smallest absolute Gasteiger partial charge is 0.169 e. The molecule has 2 rings (SSSR count). The molecular weight excluding hydrogens is 242 g/mol. The minimum absolute atomic E-state index is 0.486. The Balaban J connectivity index is 2.08. The van der Waals surface area contributed by atoms with Gasteiger partial charge < -0.3 is 16.5 Å². The predicted molar refractivity (Wildman–Crippen MR) is 75.3 cm³/mol. The predicted octanol–water partition coefficient (Wildman–Crippen LogP) is 0.954. The maximum Gasteiger partial charge on any atom is 0.169 e. The van der Waals surface area contributed by atoms with Gasteiger partial charge >= 0.3 is 0 Å². The zero-order chi connectivity index (χ0) is 13.7. The number of nitrogens with two attached hydrogens (primary N) is 1. The Morgan fingerprint density at radius 1 is 1.26 bits per heavy atom. The lowest BCUT2D eigenvalue weighted by atomic mass is 10.3. The van der Waals surface area contributed by atoms with Gasteiger partial charge in [-0.2, -0.15) is 0 Å². The quantitative estimate of drug-likeness (QED) is 0.688. The van der Waals surface area contributed by atoms with Crippen LogP contribution < -0.4 is 16.5 Å². The molecule has 100 valence electrons. The van der Waals surface area contributed by atoms with Crippen LogP contribution in [0.25, 0.3) is 0 Å². The topological polar surface area (TPSA) is 92.0 Å². The van der Waals surface area contributed by atoms with Gasteiger partial charge in [-0.3, -0.25) is 4.98 Å². The summed E-state index contributed by atoms with van der Waals surface area (Å²) in [6.45, 7) is 0.608. The van der Waals surface area contributed by atoms with E-state index in [-0.39, 0.29) is 0 Å². The summed E-state index contributed by atoms with van der Waals surface area (Å²) in [6, 6.07) is 3.87. The fourth-order valence-electron chi connectivity index (χ4n) is 1.53. The second-order valence-electron chi connectivity index (χ2n) is 4.21. The summed E-state index contributed by atoms with van der Waals surface area (Å²) in [7, 11) is 3.73. The molecule has 0 saturated heterocycles. The molecule has 7 nitrogen and oxygen atoms in total. The summed E-state index contributed by atoms with van der Waals surface area (Å²) in [5.74, 6) is 1.18. The minimum Gasteiger partial charge on any atom is -0.393 e. The molecule has 0 bridgehead atoms. The normalized spacial score (nSPS) is 10.5. The molecule has 0 amide bonds. The number of rotatable bonds is 5. The molecule has 7 heteroatoms. The van der Waals surface area contributed by atoms with Crippen molar-refractivity contribution in [2.75, 3.05) is 30.6 Å². The monoisotopic (exact) mass is 259 g/mol. The van der Waals surface area contributed by atoms with Crippen molar-refractivity contribution in [1.82, 2.24) is 20.0 Å². The summed E-state index contributed by atoms with van der Waals surface area (Å²) in [6.07, 6.45) is 5.00. The van der Waals surface area contributed by atoms with Crippen molar-refractivity contribution < 1.29 is 0 Å². The maximum absolute atomic E-state index is 6.00. The molecule has 0 aliphatic heterocycles. The molecule has 2 aromatic rings. The van der Waals surface area contributed by atoms with Gasteiger partial charge in [0.25, 0.3) is 0 Å². The molecule has 0 aliphatic carbocycles. The van der Waals surface area contributed by atoms with Crippen molar-refractivity contribution >= 4 is 17.3 Å². The van der Waals surface area contributed by atoms with Crippen LogP contribution in [0.4, 0.5) is 17.3 Å². The third-order valence-corrected chi connectivity index (χ3v) is 2.40. The second kappa shape index (κ2) is 5.96. The van der Waals surface area contributed by atoms with Gasteiger partial charge in [0.2, 0.25) is 0 Å². The van der Waals surface area contributed by atoms with Gasteiger partial charge in [-0.25, -0.2) is 15.0 Å². The van der Waals surface area contributed by atoms with Crippen molar-refractivity contribution in [3.05, 3.63) is 36.4 Å². The van der Waals surface area contributed by atoms with Gasteiger partial charge in [-0.05, 0) is 11.6 Å². The van der Waals surface area contributed by atoms with Crippen LogP contribution in [-0.2, 0) is 6.54 Å². The van der Waals surface area contributed by atoms with Crippen LogP contribution in [0.2, 0.25) is 0 Å². The molecule has 0 radical (unpaired) electrons. The Hall–Kier alpha value is -2.41. The molecule has 19 heavy (non-hydrogen) atoms. The summed E-state index contributed by atoms with van der Waals surface area (Å²) in [5.41, 5.74) is 10.6. The van der Waals surface area contributed by atoms with Crippen LogP contribution in [0.5, 0.6) is 0 Å². The number of nitrogens with one attached hydrogen (secondary N) is 2. The maximum atomic E-state index is 6.00. The lowest BCUT2D eigenvalue weighted by Gasteiger charge is -2.16. The first-order valence-electron chi connectivity index (χ1n) is 5.84. The highest BCUT2D eigenvalue weighted by Gasteiger charge is 2.08. The largest absolute Gasteiger partial charge is 0.393 e. The van der Waals surface area contributed by atoms with E-state index in [1.165, 1.54) is 6.33 Å². The molecule has 0 unspecified atom stereocenters. The van der Waals surface area contributed by atoms with E-state index in [1.807, 2.05) is 26.2 Å². The minimum atomic E-state index is 0.486. The number of nitrogens with zero attached hydrogens (tertiary/aromatic N) is 4. The summed E-state index contributed by atoms with van der Waals surface area (Å²) < 4.78 is 0. The van der Waals surface area contributed by atoms with Crippen LogP contribution in [0.1, 0.15) is 5.56 Å². The molecule has 4 N–H and O–H groups in total. The first kappa shape index (κ1) is 13.0. The van der Waals surface area contributed by atoms with Crippen LogP contribution in [0.15, 0.2) is 30.9 Å². The lowest BCUT2D eigenvalue weighted by molar-refractivity contribution is 0.492. The Morgan fingerprint density at radius 3 is 2.74 bits per heavy atom. The Morgan fingerprint density at radius 2 is 2.05 bits per heavy atom. The number of hydrogen-bond donors (Lipinski definition) is 3. The van der Waals surface area contributed by atoms with Crippen molar-refractivity contribution in [3.63, 3.8) is 0 Å². The molecule has 0 fully saturated rings. The third-order valence-electron chi connectivity index (χ3n) is 2.40. The molecule has 0 atom stereocenters. The van der Waals surface area contributed by atoms with Crippen molar-refractivity contribution in [1.29, 1.82) is 0 Å². The Bertz CT molecular complexity index is 527. The molecule has 2 aromatic heterocycles. The van der Waals surface area contributed by atoms with Crippen LogP contribution >= 0.6 is 0 Å². The zero-order valence-corrected chi connectivity index (χ0v) is 11.0. The average molecular weight is 259 g/mol. The van der Waals surface area contributed by atoms with Gasteiger partial charge in [0.15, 0.2) is 11.6 Å². The highest BCUT2D eigenvalue weighted by molar-refractivity contribution is 5.73. The van der Waals surface area contributed by atoms with E-state index in [9.17, 15) is 0 Å². The van der Waals surface area contributed by atoms with E-state index in [0.717, 1.165) is 5.56 Å². The molecule has 2 heterocycles. The third kappa shape index (κ3) is 3.52.